The van der Waals surface area contributed by atoms with Crippen LogP contribution in [0.2, 0.25) is 0 Å². The third-order valence-electron chi connectivity index (χ3n) is 8.17. The van der Waals surface area contributed by atoms with Gasteiger partial charge in [0.15, 0.2) is 24.1 Å². The molecule has 192 valence electrons. The van der Waals surface area contributed by atoms with Gasteiger partial charge >= 0.3 is 5.97 Å². The van der Waals surface area contributed by atoms with Crippen LogP contribution in [0.25, 0.3) is 0 Å². The fourth-order valence-electron chi connectivity index (χ4n) is 6.17. The van der Waals surface area contributed by atoms with E-state index >= 15 is 0 Å². The summed E-state index contributed by atoms with van der Waals surface area (Å²) in [4.78, 5) is 26.3. The van der Waals surface area contributed by atoms with E-state index in [0.717, 1.165) is 57.4 Å². The molecule has 2 aromatic rings. The van der Waals surface area contributed by atoms with Crippen LogP contribution in [0.15, 0.2) is 33.6 Å². The molecular weight excluding hydrogens is 518 g/mol. The number of fused-ring (bicyclic) bond motifs is 3. The Morgan fingerprint density at radius 2 is 2.00 bits per heavy atom. The number of furan rings is 1. The average molecular weight is 552 g/mol. The van der Waals surface area contributed by atoms with E-state index in [9.17, 15) is 14.7 Å². The first kappa shape index (κ1) is 25.9. The van der Waals surface area contributed by atoms with Crippen LogP contribution in [-0.2, 0) is 26.3 Å². The van der Waals surface area contributed by atoms with Gasteiger partial charge in [0.2, 0.25) is 0 Å². The summed E-state index contributed by atoms with van der Waals surface area (Å²) in [5.74, 6) is 0.520. The number of ether oxygens (including phenoxy) is 1. The van der Waals surface area contributed by atoms with E-state index in [-0.39, 0.29) is 40.8 Å². The standard InChI is InChI=1S/C25H33N3O6.BrH/c1-2-20-13-22(27-34-20)26-23(29)15-28-10-7-17(8-11-28)21(14-28)33-24(30)25(31,18-5-3-4-6-18)19-9-12-32-16-19;/h9,12-13,16-18,21,31H,2-8,10-11,14-15H2,1H3;1H/t17?,21?,25-,28?;/m1./s1. The number of nitrogens with zero attached hydrogens (tertiary/aromatic N) is 2. The zero-order chi connectivity index (χ0) is 23.8. The monoisotopic (exact) mass is 551 g/mol. The number of esters is 1. The number of carbonyl (C=O) groups excluding carboxylic acids is 2. The summed E-state index contributed by atoms with van der Waals surface area (Å²) in [7, 11) is 0. The molecule has 5 heterocycles. The molecule has 2 N–H and O–H groups in total. The highest BCUT2D eigenvalue weighted by Crippen LogP contribution is 2.43. The van der Waals surface area contributed by atoms with Crippen molar-refractivity contribution >= 4 is 17.7 Å². The van der Waals surface area contributed by atoms with Gasteiger partial charge in [-0.05, 0) is 18.9 Å². The van der Waals surface area contributed by atoms with Gasteiger partial charge in [-0.25, -0.2) is 4.79 Å². The summed E-state index contributed by atoms with van der Waals surface area (Å²) in [5, 5.41) is 18.4. The zero-order valence-corrected chi connectivity index (χ0v) is 21.7. The van der Waals surface area contributed by atoms with Crippen LogP contribution in [0.3, 0.4) is 0 Å². The molecule has 10 heteroatoms. The first-order valence-electron chi connectivity index (χ1n) is 12.5. The molecule has 2 atom stereocenters. The van der Waals surface area contributed by atoms with Gasteiger partial charge in [0.1, 0.15) is 12.3 Å². The smallest absolute Gasteiger partial charge is 0.343 e. The maximum absolute atomic E-state index is 13.5. The lowest BCUT2D eigenvalue weighted by atomic mass is 9.80. The average Bonchev–Trinajstić information content (AvgIpc) is 3.62. The van der Waals surface area contributed by atoms with Gasteiger partial charge in [0.05, 0.1) is 25.6 Å². The van der Waals surface area contributed by atoms with Crippen LogP contribution < -0.4 is 22.3 Å². The van der Waals surface area contributed by atoms with Crippen molar-refractivity contribution < 1.29 is 49.8 Å². The Bertz CT molecular complexity index is 1010. The third kappa shape index (κ3) is 5.06. The second-order valence-corrected chi connectivity index (χ2v) is 10.3. The van der Waals surface area contributed by atoms with Gasteiger partial charge in [-0.1, -0.05) is 24.9 Å². The van der Waals surface area contributed by atoms with Crippen LogP contribution in [0, 0.1) is 11.8 Å². The van der Waals surface area contributed by atoms with Gasteiger partial charge in [-0.3, -0.25) is 4.79 Å². The van der Waals surface area contributed by atoms with Crippen molar-refractivity contribution in [3.05, 3.63) is 36.0 Å². The molecule has 3 aliphatic heterocycles. The molecule has 2 aromatic heterocycles. The van der Waals surface area contributed by atoms with Gasteiger partial charge in [-0.15, -0.1) is 0 Å². The first-order valence-corrected chi connectivity index (χ1v) is 12.5. The highest BCUT2D eigenvalue weighted by atomic mass is 79.9. The van der Waals surface area contributed by atoms with E-state index in [0.29, 0.717) is 35.4 Å². The van der Waals surface area contributed by atoms with Crippen molar-refractivity contribution in [2.45, 2.75) is 63.6 Å². The van der Waals surface area contributed by atoms with E-state index in [1.54, 1.807) is 12.1 Å². The quantitative estimate of drug-likeness (QED) is 0.350. The van der Waals surface area contributed by atoms with E-state index in [1.807, 2.05) is 6.92 Å². The first-order chi connectivity index (χ1) is 16.4. The van der Waals surface area contributed by atoms with Crippen molar-refractivity contribution in [1.29, 1.82) is 0 Å². The Balaban J connectivity index is 0.00000289. The molecule has 4 fully saturated rings. The molecule has 1 amide bonds. The maximum atomic E-state index is 13.5. The van der Waals surface area contributed by atoms with Crippen LogP contribution >= 0.6 is 0 Å². The fraction of sp³-hybridized carbons (Fsp3) is 0.640. The number of carbonyl (C=O) groups is 2. The summed E-state index contributed by atoms with van der Waals surface area (Å²) in [6.45, 7) is 4.59. The van der Waals surface area contributed by atoms with Gasteiger partial charge < -0.3 is 45.6 Å². The number of nitrogens with one attached hydrogen (secondary N) is 1. The summed E-state index contributed by atoms with van der Waals surface area (Å²) in [5.41, 5.74) is -1.23. The Labute approximate surface area is 215 Å². The van der Waals surface area contributed by atoms with E-state index in [1.165, 1.54) is 12.5 Å². The van der Waals surface area contributed by atoms with Crippen LogP contribution in [0.1, 0.15) is 56.8 Å². The van der Waals surface area contributed by atoms with Gasteiger partial charge in [0.25, 0.3) is 5.91 Å². The molecular formula is C25H34BrN3O6. The molecule has 0 radical (unpaired) electrons. The number of aryl methyl sites for hydroxylation is 1. The van der Waals surface area contributed by atoms with Crippen LogP contribution in [-0.4, -0.2) is 58.9 Å². The molecule has 3 saturated heterocycles. The lowest BCUT2D eigenvalue weighted by molar-refractivity contribution is -0.939. The lowest BCUT2D eigenvalue weighted by Gasteiger charge is -2.51. The highest BCUT2D eigenvalue weighted by molar-refractivity contribution is 5.90. The number of anilines is 1. The number of rotatable bonds is 8. The van der Waals surface area contributed by atoms with E-state index in [2.05, 4.69) is 10.5 Å². The summed E-state index contributed by atoms with van der Waals surface area (Å²) < 4.78 is 17.0. The largest absolute Gasteiger partial charge is 1.00 e. The van der Waals surface area contributed by atoms with Crippen molar-refractivity contribution in [2.24, 2.45) is 11.8 Å². The number of halogens is 1. The van der Waals surface area contributed by atoms with Crippen molar-refractivity contribution in [3.8, 4) is 0 Å². The molecule has 6 rings (SSSR count). The minimum Gasteiger partial charge on any atom is -1.00 e. The Morgan fingerprint density at radius 3 is 2.63 bits per heavy atom. The lowest BCUT2D eigenvalue weighted by Crippen LogP contribution is -3.00. The predicted molar refractivity (Wildman–Crippen MR) is 121 cm³/mol. The van der Waals surface area contributed by atoms with E-state index < -0.39 is 11.6 Å². The minimum absolute atomic E-state index is 0. The number of hydrogen-bond acceptors (Lipinski definition) is 7. The predicted octanol–water partition coefficient (Wildman–Crippen LogP) is 0.00270. The number of hydrogen-bond donors (Lipinski definition) is 2. The molecule has 0 spiro atoms. The number of aromatic nitrogens is 1. The van der Waals surface area contributed by atoms with Gasteiger partial charge in [0, 0.05) is 42.7 Å². The molecule has 1 aliphatic carbocycles. The van der Waals surface area contributed by atoms with Crippen molar-refractivity contribution in [2.75, 3.05) is 31.5 Å². The number of amides is 1. The molecule has 9 nitrogen and oxygen atoms in total. The summed E-state index contributed by atoms with van der Waals surface area (Å²) in [6, 6.07) is 3.40. The third-order valence-corrected chi connectivity index (χ3v) is 8.17. The van der Waals surface area contributed by atoms with Crippen molar-refractivity contribution in [3.63, 3.8) is 0 Å². The second kappa shape index (κ2) is 10.4. The normalized spacial score (nSPS) is 27.7. The van der Waals surface area contributed by atoms with Gasteiger partial charge in [-0.2, -0.15) is 0 Å². The summed E-state index contributed by atoms with van der Waals surface area (Å²) in [6.07, 6.45) is 8.65. The Kier molecular flexibility index (Phi) is 7.73. The Morgan fingerprint density at radius 1 is 1.26 bits per heavy atom. The fourth-order valence-corrected chi connectivity index (χ4v) is 6.17. The zero-order valence-electron chi connectivity index (χ0n) is 20.1. The second-order valence-electron chi connectivity index (χ2n) is 10.3. The molecule has 0 aromatic carbocycles. The SMILES string of the molecule is CCc1cc(NC(=O)C[N+]23CCC(CC2)C(OC(=O)[C@](O)(c2ccoc2)C2CCCC2)C3)no1.[Br-]. The van der Waals surface area contributed by atoms with Crippen LogP contribution in [0.5, 0.6) is 0 Å². The maximum Gasteiger partial charge on any atom is 0.343 e. The Hall–Kier alpha value is -2.17. The highest BCUT2D eigenvalue weighted by Gasteiger charge is 2.53. The van der Waals surface area contributed by atoms with Crippen molar-refractivity contribution in [1.82, 2.24) is 5.16 Å². The molecule has 1 saturated carbocycles. The molecule has 35 heavy (non-hydrogen) atoms. The number of aliphatic hydroxyl groups is 1. The molecule has 2 bridgehead atoms. The minimum atomic E-state index is -1.69. The van der Waals surface area contributed by atoms with Crippen LogP contribution in [0.4, 0.5) is 5.82 Å². The summed E-state index contributed by atoms with van der Waals surface area (Å²) >= 11 is 0. The number of piperidine rings is 3. The number of quaternary nitrogens is 1. The molecule has 1 unspecified atom stereocenters. The van der Waals surface area contributed by atoms with E-state index in [4.69, 9.17) is 13.7 Å². The molecule has 4 aliphatic rings. The topological polar surface area (TPSA) is 115 Å².